The monoisotopic (exact) mass is 324 g/mol. The summed E-state index contributed by atoms with van der Waals surface area (Å²) in [5.41, 5.74) is 0. The van der Waals surface area contributed by atoms with Gasteiger partial charge in [0.15, 0.2) is 0 Å². The fraction of sp³-hybridized carbons (Fsp3) is 0.714. The van der Waals surface area contributed by atoms with Crippen molar-refractivity contribution in [2.45, 2.75) is 23.9 Å². The molecule has 0 atom stereocenters. The minimum absolute atomic E-state index is 2.43. The maximum atomic E-state index is 13.2. The second-order valence-corrected chi connectivity index (χ2v) is 3.20. The quantitative estimate of drug-likeness (QED) is 0.557. The lowest BCUT2D eigenvalue weighted by atomic mass is 10.0. The van der Waals surface area contributed by atoms with Gasteiger partial charge in [0, 0.05) is 0 Å². The van der Waals surface area contributed by atoms with Crippen molar-refractivity contribution >= 4 is 12.1 Å². The van der Waals surface area contributed by atoms with Gasteiger partial charge in [-0.2, -0.15) is 43.9 Å². The number of alkyl halides is 8. The molecule has 0 fully saturated rings. The fourth-order valence-electron chi connectivity index (χ4n) is 0.813. The molecule has 0 aromatic rings. The molecule has 0 aliphatic carbocycles. The van der Waals surface area contributed by atoms with Crippen LogP contribution in [0, 0.1) is 0 Å². The predicted octanol–water partition coefficient (Wildman–Crippen LogP) is 2.49. The molecule has 0 heterocycles. The van der Waals surface area contributed by atoms with E-state index in [1.807, 2.05) is 0 Å². The van der Waals surface area contributed by atoms with Crippen molar-refractivity contribution < 1.29 is 58.2 Å². The lowest BCUT2D eigenvalue weighted by Gasteiger charge is -2.33. The van der Waals surface area contributed by atoms with E-state index in [1.54, 1.807) is 0 Å². The van der Waals surface area contributed by atoms with Crippen LogP contribution in [-0.2, 0) is 14.3 Å². The van der Waals surface area contributed by atoms with Crippen molar-refractivity contribution in [3.63, 3.8) is 0 Å². The Morgan fingerprint density at radius 2 is 1.05 bits per heavy atom. The van der Waals surface area contributed by atoms with Gasteiger partial charge in [-0.25, -0.2) is 0 Å². The number of carbonyl (C=O) groups is 2. The zero-order chi connectivity index (χ0) is 16.6. The van der Waals surface area contributed by atoms with Crippen molar-refractivity contribution in [3.8, 4) is 0 Å². The summed E-state index contributed by atoms with van der Waals surface area (Å²) in [5.74, 6) is -19.6. The third kappa shape index (κ3) is 3.19. The number of rotatable bonds is 6. The molecular formula is C7H2F10O3. The molecule has 0 amide bonds. The second kappa shape index (κ2) is 5.18. The Kier molecular flexibility index (Phi) is 4.82. The van der Waals surface area contributed by atoms with Crippen LogP contribution in [0.5, 0.6) is 0 Å². The highest BCUT2D eigenvalue weighted by Crippen LogP contribution is 2.47. The highest BCUT2D eigenvalue weighted by atomic mass is 19.4. The zero-order valence-electron chi connectivity index (χ0n) is 8.71. The molecule has 0 bridgehead atoms. The first kappa shape index (κ1) is 18.6. The number of halogens is 10. The first-order chi connectivity index (χ1) is 8.59. The number of hydrogen-bond acceptors (Lipinski definition) is 3. The van der Waals surface area contributed by atoms with Gasteiger partial charge in [-0.1, -0.05) is 0 Å². The average Bonchev–Trinajstić information content (AvgIpc) is 2.23. The highest BCUT2D eigenvalue weighted by Gasteiger charge is 2.79. The van der Waals surface area contributed by atoms with E-state index in [1.165, 1.54) is 0 Å². The Hall–Kier alpha value is -1.40. The molecular weight excluding hydrogens is 322 g/mol. The van der Waals surface area contributed by atoms with Crippen LogP contribution >= 0.6 is 0 Å². The molecule has 0 spiro atoms. The van der Waals surface area contributed by atoms with E-state index < -0.39 is 42.6 Å². The molecule has 118 valence electrons. The maximum absolute atomic E-state index is 13.2. The van der Waals surface area contributed by atoms with Gasteiger partial charge in [0.05, 0.1) is 0 Å². The first-order valence-electron chi connectivity index (χ1n) is 4.14. The Labute approximate surface area is 102 Å². The maximum Gasteiger partial charge on any atom is 0.411 e. The predicted molar refractivity (Wildman–Crippen MR) is 38.0 cm³/mol. The van der Waals surface area contributed by atoms with Gasteiger partial charge in [0.25, 0.3) is 0 Å². The molecule has 0 saturated carbocycles. The van der Waals surface area contributed by atoms with Crippen LogP contribution in [0.25, 0.3) is 0 Å². The molecule has 0 aliphatic heterocycles. The van der Waals surface area contributed by atoms with Gasteiger partial charge in [-0.05, 0) is 0 Å². The van der Waals surface area contributed by atoms with Crippen molar-refractivity contribution in [3.05, 3.63) is 0 Å². The van der Waals surface area contributed by atoms with Crippen molar-refractivity contribution in [1.29, 1.82) is 0 Å². The van der Waals surface area contributed by atoms with Gasteiger partial charge in [0.2, 0.25) is 0 Å². The lowest BCUT2D eigenvalue weighted by molar-refractivity contribution is -0.361. The summed E-state index contributed by atoms with van der Waals surface area (Å²) in [6, 6.07) is -8.38. The van der Waals surface area contributed by atoms with Gasteiger partial charge in [-0.3, -0.25) is 9.59 Å². The molecule has 20 heavy (non-hydrogen) atoms. The Morgan fingerprint density at radius 3 is 1.25 bits per heavy atom. The lowest BCUT2D eigenvalue weighted by Crippen LogP contribution is -2.64. The third-order valence-corrected chi connectivity index (χ3v) is 1.74. The number of ether oxygens (including phenoxy) is 1. The summed E-state index contributed by atoms with van der Waals surface area (Å²) in [5, 5.41) is 0. The van der Waals surface area contributed by atoms with Crippen molar-refractivity contribution in [1.82, 2.24) is 0 Å². The number of hydrogen-bond donors (Lipinski definition) is 0. The largest absolute Gasteiger partial charge is 0.411 e. The van der Waals surface area contributed by atoms with Gasteiger partial charge < -0.3 is 4.74 Å². The number of carbonyl (C=O) groups excluding carboxylic acids is 2. The zero-order valence-corrected chi connectivity index (χ0v) is 8.71. The Bertz CT molecular complexity index is 374. The van der Waals surface area contributed by atoms with Crippen LogP contribution in [0.3, 0.4) is 0 Å². The van der Waals surface area contributed by atoms with Crippen LogP contribution in [0.2, 0.25) is 0 Å². The van der Waals surface area contributed by atoms with Crippen LogP contribution in [0.4, 0.5) is 43.9 Å². The molecule has 0 rings (SSSR count). The summed E-state index contributed by atoms with van der Waals surface area (Å²) in [6.45, 7) is -3.17. The summed E-state index contributed by atoms with van der Waals surface area (Å²) >= 11 is 0. The minimum atomic E-state index is -6.57. The van der Waals surface area contributed by atoms with Crippen molar-refractivity contribution in [2.24, 2.45) is 0 Å². The highest BCUT2D eigenvalue weighted by molar-refractivity contribution is 5.83. The molecule has 13 heteroatoms. The molecule has 0 saturated heterocycles. The van der Waals surface area contributed by atoms with Crippen LogP contribution in [0.15, 0.2) is 0 Å². The standard InChI is InChI=1S/C7H2F10O3/c8-2(18)5(13,14)7(17,6(15,16)3(9)19)20-1-4(10,11)12/h1H2. The molecule has 3 nitrogen and oxygen atoms in total. The molecule has 0 aliphatic rings. The molecule has 0 unspecified atom stereocenters. The van der Waals surface area contributed by atoms with E-state index in [-0.39, 0.29) is 0 Å². The smallest absolute Gasteiger partial charge is 0.326 e. The molecule has 0 N–H and O–H groups in total. The van der Waals surface area contributed by atoms with E-state index in [0.717, 1.165) is 0 Å². The first-order valence-corrected chi connectivity index (χ1v) is 4.14. The topological polar surface area (TPSA) is 43.4 Å². The Morgan fingerprint density at radius 1 is 0.750 bits per heavy atom. The van der Waals surface area contributed by atoms with Crippen molar-refractivity contribution in [2.75, 3.05) is 6.61 Å². The minimum Gasteiger partial charge on any atom is -0.326 e. The Balaban J connectivity index is 5.82. The third-order valence-electron chi connectivity index (χ3n) is 1.74. The summed E-state index contributed by atoms with van der Waals surface area (Å²) < 4.78 is 125. The fourth-order valence-corrected chi connectivity index (χ4v) is 0.813. The summed E-state index contributed by atoms with van der Waals surface area (Å²) in [6.07, 6.45) is -5.68. The summed E-state index contributed by atoms with van der Waals surface area (Å²) in [4.78, 5) is 19.4. The van der Waals surface area contributed by atoms with E-state index in [0.29, 0.717) is 0 Å². The normalized spacial score (nSPS) is 14.3. The van der Waals surface area contributed by atoms with Crippen LogP contribution in [0.1, 0.15) is 0 Å². The van der Waals surface area contributed by atoms with Gasteiger partial charge >= 0.3 is 36.0 Å². The molecule has 0 aromatic carbocycles. The van der Waals surface area contributed by atoms with E-state index in [2.05, 4.69) is 4.74 Å². The van der Waals surface area contributed by atoms with Gasteiger partial charge in [0.1, 0.15) is 6.61 Å². The van der Waals surface area contributed by atoms with E-state index in [9.17, 15) is 53.5 Å². The SMILES string of the molecule is O=C(F)C(F)(F)C(F)(OCC(F)(F)F)C(F)(F)C(=O)F. The van der Waals surface area contributed by atoms with Crippen LogP contribution < -0.4 is 0 Å². The van der Waals surface area contributed by atoms with E-state index >= 15 is 0 Å². The van der Waals surface area contributed by atoms with Crippen LogP contribution in [-0.4, -0.2) is 42.6 Å². The van der Waals surface area contributed by atoms with E-state index in [4.69, 9.17) is 0 Å². The second-order valence-electron chi connectivity index (χ2n) is 3.20. The van der Waals surface area contributed by atoms with Gasteiger partial charge in [-0.15, -0.1) is 0 Å². The summed E-state index contributed by atoms with van der Waals surface area (Å²) in [7, 11) is 0. The average molecular weight is 324 g/mol. The molecule has 0 aromatic heterocycles. The molecule has 0 radical (unpaired) electrons.